The Bertz CT molecular complexity index is 394. The van der Waals surface area contributed by atoms with Crippen LogP contribution in [0.2, 0.25) is 5.02 Å². The summed E-state index contributed by atoms with van der Waals surface area (Å²) in [5, 5.41) is 23.2. The van der Waals surface area contributed by atoms with E-state index in [1.54, 1.807) is 0 Å². The quantitative estimate of drug-likeness (QED) is 0.605. The molecule has 0 saturated carbocycles. The first-order valence-corrected chi connectivity index (χ1v) is 5.73. The highest BCUT2D eigenvalue weighted by atomic mass is 35.5. The van der Waals surface area contributed by atoms with E-state index in [4.69, 9.17) is 16.7 Å². The molecule has 0 aliphatic rings. The average Bonchev–Trinajstić information content (AvgIpc) is 2.32. The number of hydrogen-bond acceptors (Lipinski definition) is 4. The lowest BCUT2D eigenvalue weighted by atomic mass is 10.1. The fourth-order valence-electron chi connectivity index (χ4n) is 1.40. The Morgan fingerprint density at radius 3 is 2.82 bits per heavy atom. The van der Waals surface area contributed by atoms with E-state index >= 15 is 0 Å². The van der Waals surface area contributed by atoms with E-state index < -0.39 is 4.92 Å². The summed E-state index contributed by atoms with van der Waals surface area (Å²) in [6.07, 6.45) is 0.781. The van der Waals surface area contributed by atoms with Gasteiger partial charge in [-0.05, 0) is 18.1 Å². The number of nitro groups is 1. The second kappa shape index (κ2) is 6.54. The van der Waals surface area contributed by atoms with Crippen molar-refractivity contribution in [3.63, 3.8) is 0 Å². The third-order valence-electron chi connectivity index (χ3n) is 2.53. The molecule has 0 amide bonds. The number of rotatable bonds is 6. The summed E-state index contributed by atoms with van der Waals surface area (Å²) in [5.74, 6) is 0. The number of nitro benzene ring substituents is 1. The molecule has 0 fully saturated rings. The molecule has 17 heavy (non-hydrogen) atoms. The molecule has 0 bridgehead atoms. The maximum Gasteiger partial charge on any atom is 0.269 e. The van der Waals surface area contributed by atoms with Crippen molar-refractivity contribution in [2.45, 2.75) is 25.9 Å². The zero-order valence-corrected chi connectivity index (χ0v) is 10.3. The van der Waals surface area contributed by atoms with Gasteiger partial charge in [0.1, 0.15) is 0 Å². The second-order valence-electron chi connectivity index (χ2n) is 3.70. The minimum absolute atomic E-state index is 0.0169. The van der Waals surface area contributed by atoms with E-state index in [2.05, 4.69) is 5.32 Å². The summed E-state index contributed by atoms with van der Waals surface area (Å²) < 4.78 is 0. The fraction of sp³-hybridized carbons (Fsp3) is 0.455. The molecule has 0 spiro atoms. The third-order valence-corrected chi connectivity index (χ3v) is 2.90. The van der Waals surface area contributed by atoms with E-state index in [0.29, 0.717) is 17.1 Å². The van der Waals surface area contributed by atoms with Crippen molar-refractivity contribution in [2.24, 2.45) is 0 Å². The van der Waals surface area contributed by atoms with Crippen LogP contribution in [-0.4, -0.2) is 22.7 Å². The average molecular weight is 259 g/mol. The molecule has 0 radical (unpaired) electrons. The highest BCUT2D eigenvalue weighted by Gasteiger charge is 2.11. The van der Waals surface area contributed by atoms with Crippen LogP contribution in [0.5, 0.6) is 0 Å². The summed E-state index contributed by atoms with van der Waals surface area (Å²) in [4.78, 5) is 10.2. The van der Waals surface area contributed by atoms with E-state index in [9.17, 15) is 10.1 Å². The molecule has 0 heterocycles. The normalized spacial score (nSPS) is 12.4. The van der Waals surface area contributed by atoms with E-state index in [1.165, 1.54) is 18.2 Å². The maximum atomic E-state index is 10.6. The predicted molar refractivity (Wildman–Crippen MR) is 66.1 cm³/mol. The summed E-state index contributed by atoms with van der Waals surface area (Å²) in [5.41, 5.74) is 0.677. The molecule has 1 aromatic carbocycles. The molecule has 1 atom stereocenters. The van der Waals surface area contributed by atoms with Crippen LogP contribution in [0.1, 0.15) is 18.9 Å². The molecule has 2 N–H and O–H groups in total. The highest BCUT2D eigenvalue weighted by molar-refractivity contribution is 6.31. The Labute approximate surface area is 105 Å². The summed E-state index contributed by atoms with van der Waals surface area (Å²) in [6, 6.07) is 4.30. The number of halogens is 1. The summed E-state index contributed by atoms with van der Waals surface area (Å²) in [6.45, 7) is 2.38. The lowest BCUT2D eigenvalue weighted by Crippen LogP contribution is -2.31. The molecule has 0 aliphatic carbocycles. The molecule has 0 aromatic heterocycles. The first-order valence-electron chi connectivity index (χ1n) is 5.35. The number of benzene rings is 1. The van der Waals surface area contributed by atoms with Gasteiger partial charge in [0.2, 0.25) is 0 Å². The first-order chi connectivity index (χ1) is 8.08. The minimum atomic E-state index is -0.455. The van der Waals surface area contributed by atoms with Crippen LogP contribution in [0, 0.1) is 10.1 Å². The topological polar surface area (TPSA) is 75.4 Å². The maximum absolute atomic E-state index is 10.6. The van der Waals surface area contributed by atoms with Crippen molar-refractivity contribution >= 4 is 17.3 Å². The van der Waals surface area contributed by atoms with Crippen LogP contribution in [0.3, 0.4) is 0 Å². The van der Waals surface area contributed by atoms with Gasteiger partial charge in [0.05, 0.1) is 11.5 Å². The number of hydrogen-bond donors (Lipinski definition) is 2. The smallest absolute Gasteiger partial charge is 0.269 e. The van der Waals surface area contributed by atoms with Gasteiger partial charge in [-0.2, -0.15) is 0 Å². The lowest BCUT2D eigenvalue weighted by Gasteiger charge is -2.14. The van der Waals surface area contributed by atoms with Crippen molar-refractivity contribution in [1.82, 2.24) is 5.32 Å². The van der Waals surface area contributed by atoms with Crippen LogP contribution in [0.15, 0.2) is 18.2 Å². The Hall–Kier alpha value is -1.17. The molecule has 6 heteroatoms. The number of nitrogens with one attached hydrogen (secondary N) is 1. The largest absolute Gasteiger partial charge is 0.395 e. The predicted octanol–water partition coefficient (Wildman–Crippen LogP) is 2.11. The second-order valence-corrected chi connectivity index (χ2v) is 4.11. The fourth-order valence-corrected chi connectivity index (χ4v) is 1.59. The zero-order chi connectivity index (χ0) is 12.8. The monoisotopic (exact) mass is 258 g/mol. The Kier molecular flexibility index (Phi) is 5.34. The molecule has 5 nitrogen and oxygen atoms in total. The van der Waals surface area contributed by atoms with Gasteiger partial charge < -0.3 is 10.4 Å². The van der Waals surface area contributed by atoms with E-state index in [1.807, 2.05) is 6.92 Å². The van der Waals surface area contributed by atoms with Crippen molar-refractivity contribution in [2.75, 3.05) is 6.61 Å². The number of non-ortho nitro benzene ring substituents is 1. The number of nitrogens with zero attached hydrogens (tertiary/aromatic N) is 1. The van der Waals surface area contributed by atoms with Gasteiger partial charge in [-0.3, -0.25) is 10.1 Å². The van der Waals surface area contributed by atoms with Crippen LogP contribution >= 0.6 is 11.6 Å². The van der Waals surface area contributed by atoms with Crippen LogP contribution in [0.25, 0.3) is 0 Å². The van der Waals surface area contributed by atoms with Gasteiger partial charge in [-0.25, -0.2) is 0 Å². The van der Waals surface area contributed by atoms with Crippen LogP contribution in [0.4, 0.5) is 5.69 Å². The molecule has 0 saturated heterocycles. The van der Waals surface area contributed by atoms with Gasteiger partial charge in [0.25, 0.3) is 5.69 Å². The Morgan fingerprint density at radius 1 is 1.59 bits per heavy atom. The first kappa shape index (κ1) is 13.9. The zero-order valence-electron chi connectivity index (χ0n) is 9.52. The van der Waals surface area contributed by atoms with Crippen LogP contribution < -0.4 is 5.32 Å². The molecule has 94 valence electrons. The molecular weight excluding hydrogens is 244 g/mol. The minimum Gasteiger partial charge on any atom is -0.395 e. The van der Waals surface area contributed by atoms with E-state index in [0.717, 1.165) is 6.42 Å². The standard InChI is InChI=1S/C11H15ClN2O3/c1-2-9(7-15)13-6-8-5-10(14(16)17)3-4-11(8)12/h3-5,9,13,15H,2,6-7H2,1H3/t9-/m0/s1. The van der Waals surface area contributed by atoms with Gasteiger partial charge in [-0.1, -0.05) is 18.5 Å². The van der Waals surface area contributed by atoms with Crippen molar-refractivity contribution in [1.29, 1.82) is 0 Å². The molecule has 0 aliphatic heterocycles. The van der Waals surface area contributed by atoms with Gasteiger partial charge in [-0.15, -0.1) is 0 Å². The molecular formula is C11H15ClN2O3. The lowest BCUT2D eigenvalue weighted by molar-refractivity contribution is -0.384. The van der Waals surface area contributed by atoms with Gasteiger partial charge in [0.15, 0.2) is 0 Å². The van der Waals surface area contributed by atoms with Crippen molar-refractivity contribution in [3.05, 3.63) is 38.9 Å². The summed E-state index contributed by atoms with van der Waals surface area (Å²) >= 11 is 5.95. The molecule has 1 aromatic rings. The number of aliphatic hydroxyl groups is 1. The third kappa shape index (κ3) is 3.96. The van der Waals surface area contributed by atoms with Crippen molar-refractivity contribution in [3.8, 4) is 0 Å². The molecule has 0 unspecified atom stereocenters. The van der Waals surface area contributed by atoms with Gasteiger partial charge >= 0.3 is 0 Å². The highest BCUT2D eigenvalue weighted by Crippen LogP contribution is 2.21. The van der Waals surface area contributed by atoms with Crippen molar-refractivity contribution < 1.29 is 10.0 Å². The SMILES string of the molecule is CC[C@@H](CO)NCc1cc([N+](=O)[O-])ccc1Cl. The molecule has 1 rings (SSSR count). The number of aliphatic hydroxyl groups excluding tert-OH is 1. The van der Waals surface area contributed by atoms with E-state index in [-0.39, 0.29) is 18.3 Å². The van der Waals surface area contributed by atoms with Gasteiger partial charge in [0, 0.05) is 29.7 Å². The summed E-state index contributed by atoms with van der Waals surface area (Å²) in [7, 11) is 0. The van der Waals surface area contributed by atoms with Crippen LogP contribution in [-0.2, 0) is 6.54 Å². The Morgan fingerprint density at radius 2 is 2.29 bits per heavy atom. The Balaban J connectivity index is 2.75.